The van der Waals surface area contributed by atoms with Crippen LogP contribution < -0.4 is 4.72 Å². The SMILES string of the molecule is O=[N+]([O-])c1ccc(S(=O)(=O)NCCCCCO)cc1F. The fourth-order valence-corrected chi connectivity index (χ4v) is 2.59. The molecule has 1 aromatic rings. The molecule has 0 aliphatic rings. The zero-order chi connectivity index (χ0) is 15.2. The van der Waals surface area contributed by atoms with Crippen molar-refractivity contribution in [1.29, 1.82) is 0 Å². The standard InChI is InChI=1S/C11H15FN2O5S/c12-10-8-9(4-5-11(10)14(16)17)20(18,19)13-6-2-1-3-7-15/h4-5,8,13,15H,1-3,6-7H2. The quantitative estimate of drug-likeness (QED) is 0.426. The summed E-state index contributed by atoms with van der Waals surface area (Å²) in [6.07, 6.45) is 1.77. The van der Waals surface area contributed by atoms with E-state index >= 15 is 0 Å². The predicted molar refractivity (Wildman–Crippen MR) is 69.2 cm³/mol. The van der Waals surface area contributed by atoms with Crippen LogP contribution in [0, 0.1) is 15.9 Å². The number of nitro groups is 1. The van der Waals surface area contributed by atoms with E-state index in [1.54, 1.807) is 0 Å². The van der Waals surface area contributed by atoms with Crippen molar-refractivity contribution < 1.29 is 22.8 Å². The second-order valence-corrected chi connectivity index (χ2v) is 5.82. The lowest BCUT2D eigenvalue weighted by Crippen LogP contribution is -2.25. The highest BCUT2D eigenvalue weighted by molar-refractivity contribution is 7.89. The number of halogens is 1. The summed E-state index contributed by atoms with van der Waals surface area (Å²) in [4.78, 5) is 9.15. The summed E-state index contributed by atoms with van der Waals surface area (Å²) in [5.74, 6) is -1.20. The van der Waals surface area contributed by atoms with Crippen LogP contribution in [-0.4, -0.2) is 31.6 Å². The molecule has 0 aliphatic carbocycles. The first-order valence-electron chi connectivity index (χ1n) is 5.93. The highest BCUT2D eigenvalue weighted by Crippen LogP contribution is 2.20. The average Bonchev–Trinajstić information content (AvgIpc) is 2.37. The maximum Gasteiger partial charge on any atom is 0.304 e. The molecule has 0 bridgehead atoms. The lowest BCUT2D eigenvalue weighted by molar-refractivity contribution is -0.387. The molecule has 0 aliphatic heterocycles. The van der Waals surface area contributed by atoms with Crippen LogP contribution in [0.25, 0.3) is 0 Å². The summed E-state index contributed by atoms with van der Waals surface area (Å²) in [6.45, 7) is 0.196. The van der Waals surface area contributed by atoms with Crippen molar-refractivity contribution in [2.75, 3.05) is 13.2 Å². The molecule has 1 aromatic carbocycles. The number of hydrogen-bond acceptors (Lipinski definition) is 5. The Morgan fingerprint density at radius 1 is 1.30 bits per heavy atom. The van der Waals surface area contributed by atoms with Crippen molar-refractivity contribution >= 4 is 15.7 Å². The highest BCUT2D eigenvalue weighted by Gasteiger charge is 2.20. The van der Waals surface area contributed by atoms with Gasteiger partial charge in [-0.15, -0.1) is 0 Å². The largest absolute Gasteiger partial charge is 0.396 e. The Morgan fingerprint density at radius 3 is 2.55 bits per heavy atom. The zero-order valence-corrected chi connectivity index (χ0v) is 11.4. The smallest absolute Gasteiger partial charge is 0.304 e. The molecule has 0 atom stereocenters. The molecular formula is C11H15FN2O5S. The van der Waals surface area contributed by atoms with Gasteiger partial charge in [0.15, 0.2) is 0 Å². The minimum Gasteiger partial charge on any atom is -0.396 e. The first-order chi connectivity index (χ1) is 9.38. The number of nitro benzene ring substituents is 1. The molecule has 0 saturated heterocycles. The van der Waals surface area contributed by atoms with Gasteiger partial charge in [-0.25, -0.2) is 13.1 Å². The Bertz CT molecular complexity index is 576. The topological polar surface area (TPSA) is 110 Å². The summed E-state index contributed by atoms with van der Waals surface area (Å²) in [7, 11) is -3.89. The molecule has 0 heterocycles. The first kappa shape index (κ1) is 16.5. The summed E-state index contributed by atoms with van der Waals surface area (Å²) >= 11 is 0. The number of benzene rings is 1. The van der Waals surface area contributed by atoms with Gasteiger partial charge in [-0.1, -0.05) is 0 Å². The molecule has 0 amide bonds. The number of nitrogens with one attached hydrogen (secondary N) is 1. The van der Waals surface area contributed by atoms with Crippen molar-refractivity contribution in [2.45, 2.75) is 24.2 Å². The van der Waals surface area contributed by atoms with Crippen LogP contribution in [0.15, 0.2) is 23.1 Å². The van der Waals surface area contributed by atoms with Crippen molar-refractivity contribution in [3.63, 3.8) is 0 Å². The van der Waals surface area contributed by atoms with Gasteiger partial charge in [0.05, 0.1) is 9.82 Å². The van der Waals surface area contributed by atoms with Gasteiger partial charge < -0.3 is 5.11 Å². The zero-order valence-electron chi connectivity index (χ0n) is 10.6. The van der Waals surface area contributed by atoms with E-state index in [2.05, 4.69) is 4.72 Å². The number of nitrogens with zero attached hydrogens (tertiary/aromatic N) is 1. The van der Waals surface area contributed by atoms with Crippen LogP contribution in [0.2, 0.25) is 0 Å². The van der Waals surface area contributed by atoms with Crippen molar-refractivity contribution in [3.05, 3.63) is 34.1 Å². The molecule has 0 radical (unpaired) electrons. The van der Waals surface area contributed by atoms with E-state index < -0.39 is 26.5 Å². The summed E-state index contributed by atoms with van der Waals surface area (Å²) in [5.41, 5.74) is -0.771. The monoisotopic (exact) mass is 306 g/mol. The Labute approximate surface area is 115 Å². The lowest BCUT2D eigenvalue weighted by atomic mass is 10.2. The van der Waals surface area contributed by atoms with Gasteiger partial charge in [0.25, 0.3) is 0 Å². The molecule has 7 nitrogen and oxygen atoms in total. The van der Waals surface area contributed by atoms with E-state index in [0.717, 1.165) is 12.1 Å². The molecule has 20 heavy (non-hydrogen) atoms. The third kappa shape index (κ3) is 4.51. The highest BCUT2D eigenvalue weighted by atomic mass is 32.2. The summed E-state index contributed by atoms with van der Waals surface area (Å²) < 4.78 is 39.2. The molecule has 2 N–H and O–H groups in total. The summed E-state index contributed by atoms with van der Waals surface area (Å²) in [5, 5.41) is 19.0. The molecular weight excluding hydrogens is 291 g/mol. The fraction of sp³-hybridized carbons (Fsp3) is 0.455. The van der Waals surface area contributed by atoms with Gasteiger partial charge >= 0.3 is 5.69 Å². The molecule has 112 valence electrons. The Hall–Kier alpha value is -1.58. The van der Waals surface area contributed by atoms with Gasteiger partial charge in [0, 0.05) is 25.3 Å². The minimum absolute atomic E-state index is 0.0420. The third-order valence-electron chi connectivity index (χ3n) is 2.55. The Kier molecular flexibility index (Phi) is 5.99. The molecule has 0 aromatic heterocycles. The van der Waals surface area contributed by atoms with Crippen molar-refractivity contribution in [1.82, 2.24) is 4.72 Å². The molecule has 9 heteroatoms. The summed E-state index contributed by atoms with van der Waals surface area (Å²) in [6, 6.07) is 2.42. The van der Waals surface area contributed by atoms with Gasteiger partial charge in [-0.05, 0) is 25.3 Å². The van der Waals surface area contributed by atoms with Crippen molar-refractivity contribution in [3.8, 4) is 0 Å². The van der Waals surface area contributed by atoms with Crippen LogP contribution >= 0.6 is 0 Å². The number of unbranched alkanes of at least 4 members (excludes halogenated alkanes) is 2. The van der Waals surface area contributed by atoms with Crippen LogP contribution in [0.5, 0.6) is 0 Å². The van der Waals surface area contributed by atoms with Crippen LogP contribution in [0.3, 0.4) is 0 Å². The van der Waals surface area contributed by atoms with Gasteiger partial charge in [-0.2, -0.15) is 4.39 Å². The van der Waals surface area contributed by atoms with Crippen LogP contribution in [0.1, 0.15) is 19.3 Å². The van der Waals surface area contributed by atoms with Crippen LogP contribution in [-0.2, 0) is 10.0 Å². The van der Waals surface area contributed by atoms with Gasteiger partial charge in [0.2, 0.25) is 15.8 Å². The second-order valence-electron chi connectivity index (χ2n) is 4.05. The van der Waals surface area contributed by atoms with E-state index in [9.17, 15) is 22.9 Å². The Morgan fingerprint density at radius 2 is 2.00 bits per heavy atom. The number of aliphatic hydroxyl groups is 1. The molecule has 0 saturated carbocycles. The molecule has 0 spiro atoms. The third-order valence-corrected chi connectivity index (χ3v) is 4.01. The maximum atomic E-state index is 13.4. The van der Waals surface area contributed by atoms with Gasteiger partial charge in [0.1, 0.15) is 0 Å². The molecule has 1 rings (SSSR count). The number of rotatable bonds is 8. The van der Waals surface area contributed by atoms with E-state index in [-0.39, 0.29) is 18.0 Å². The van der Waals surface area contributed by atoms with Crippen molar-refractivity contribution in [2.24, 2.45) is 0 Å². The Balaban J connectivity index is 2.73. The van der Waals surface area contributed by atoms with E-state index in [4.69, 9.17) is 5.11 Å². The molecule has 0 unspecified atom stereocenters. The normalized spacial score (nSPS) is 11.5. The minimum atomic E-state index is -3.89. The first-order valence-corrected chi connectivity index (χ1v) is 7.41. The number of sulfonamides is 1. The van der Waals surface area contributed by atoms with Crippen LogP contribution in [0.4, 0.5) is 10.1 Å². The van der Waals surface area contributed by atoms with E-state index in [0.29, 0.717) is 25.3 Å². The predicted octanol–water partition coefficient (Wildman–Crippen LogP) is 1.17. The average molecular weight is 306 g/mol. The number of aliphatic hydroxyl groups excluding tert-OH is 1. The second kappa shape index (κ2) is 7.27. The maximum absolute atomic E-state index is 13.4. The van der Waals surface area contributed by atoms with Gasteiger partial charge in [-0.3, -0.25) is 10.1 Å². The molecule has 0 fully saturated rings. The number of hydrogen-bond donors (Lipinski definition) is 2. The lowest BCUT2D eigenvalue weighted by Gasteiger charge is -2.06. The fourth-order valence-electron chi connectivity index (χ4n) is 1.51. The van der Waals surface area contributed by atoms with E-state index in [1.165, 1.54) is 0 Å². The van der Waals surface area contributed by atoms with E-state index in [1.807, 2.05) is 0 Å².